The predicted molar refractivity (Wildman–Crippen MR) is 117 cm³/mol. The monoisotopic (exact) mass is 358 g/mol. The van der Waals surface area contributed by atoms with E-state index in [0.29, 0.717) is 0 Å². The van der Waals surface area contributed by atoms with E-state index in [1.165, 1.54) is 27.1 Å². The van der Waals surface area contributed by atoms with E-state index in [0.717, 1.165) is 17.0 Å². The molecule has 0 aliphatic carbocycles. The van der Waals surface area contributed by atoms with Crippen LogP contribution >= 0.6 is 0 Å². The van der Waals surface area contributed by atoms with E-state index >= 15 is 0 Å². The number of pyridine rings is 2. The molecule has 0 aliphatic heterocycles. The van der Waals surface area contributed by atoms with Crippen molar-refractivity contribution in [2.24, 2.45) is 0 Å². The third-order valence-corrected chi connectivity index (χ3v) is 4.96. The zero-order chi connectivity index (χ0) is 18.8. The number of hydrogen-bond acceptors (Lipinski definition) is 2. The minimum absolute atomic E-state index is 0.917. The van der Waals surface area contributed by atoms with Gasteiger partial charge in [0.2, 0.25) is 0 Å². The first-order chi connectivity index (χ1) is 13.9. The van der Waals surface area contributed by atoms with Crippen LogP contribution in [0, 0.1) is 0 Å². The molecule has 0 unspecified atom stereocenters. The van der Waals surface area contributed by atoms with Crippen LogP contribution in [0.5, 0.6) is 0 Å². The van der Waals surface area contributed by atoms with Gasteiger partial charge in [-0.15, -0.1) is 0 Å². The van der Waals surface area contributed by atoms with Crippen LogP contribution in [0.15, 0.2) is 103 Å². The van der Waals surface area contributed by atoms with Crippen molar-refractivity contribution in [3.63, 3.8) is 0 Å². The summed E-state index contributed by atoms with van der Waals surface area (Å²) >= 11 is 0. The van der Waals surface area contributed by atoms with Crippen LogP contribution in [0.3, 0.4) is 0 Å². The topological polar surface area (TPSA) is 25.8 Å². The fraction of sp³-hybridized carbons (Fsp3) is 0. The highest BCUT2D eigenvalue weighted by atomic mass is 14.7. The summed E-state index contributed by atoms with van der Waals surface area (Å²) in [6, 6.07) is 31.3. The molecule has 3 aromatic carbocycles. The van der Waals surface area contributed by atoms with E-state index in [4.69, 9.17) is 0 Å². The number of aromatic nitrogens is 2. The van der Waals surface area contributed by atoms with Crippen molar-refractivity contribution in [3.05, 3.63) is 120 Å². The van der Waals surface area contributed by atoms with Gasteiger partial charge in [-0.3, -0.25) is 9.97 Å². The summed E-state index contributed by atoms with van der Waals surface area (Å²) in [5.74, 6) is 0. The first kappa shape index (κ1) is 16.4. The van der Waals surface area contributed by atoms with Crippen LogP contribution in [-0.2, 0) is 0 Å². The number of hydrogen-bond donors (Lipinski definition) is 0. The summed E-state index contributed by atoms with van der Waals surface area (Å²) < 4.78 is 0. The van der Waals surface area contributed by atoms with Crippen molar-refractivity contribution >= 4 is 33.2 Å². The van der Waals surface area contributed by atoms with Gasteiger partial charge in [0.25, 0.3) is 0 Å². The van der Waals surface area contributed by atoms with E-state index in [1.54, 1.807) is 0 Å². The van der Waals surface area contributed by atoms with Gasteiger partial charge in [0.05, 0.1) is 11.4 Å². The summed E-state index contributed by atoms with van der Waals surface area (Å²) in [6.07, 6.45) is 5.80. The van der Waals surface area contributed by atoms with Gasteiger partial charge in [-0.1, -0.05) is 60.7 Å². The van der Waals surface area contributed by atoms with Gasteiger partial charge in [0.15, 0.2) is 0 Å². The molecule has 0 fully saturated rings. The molecule has 0 spiro atoms. The van der Waals surface area contributed by atoms with Crippen molar-refractivity contribution in [2.45, 2.75) is 0 Å². The Labute approximate surface area is 163 Å². The Morgan fingerprint density at radius 1 is 0.607 bits per heavy atom. The number of rotatable bonds is 3. The van der Waals surface area contributed by atoms with Gasteiger partial charge in [0.1, 0.15) is 0 Å². The van der Waals surface area contributed by atoms with Crippen molar-refractivity contribution in [2.75, 3.05) is 0 Å². The summed E-state index contributed by atoms with van der Waals surface area (Å²) in [5, 5.41) is 4.88. The highest BCUT2D eigenvalue weighted by Crippen LogP contribution is 2.36. The van der Waals surface area contributed by atoms with E-state index in [2.05, 4.69) is 76.7 Å². The Kier molecular flexibility index (Phi) is 4.15. The Bertz CT molecular complexity index is 1240. The third-order valence-electron chi connectivity index (χ3n) is 4.96. The fourth-order valence-electron chi connectivity index (χ4n) is 3.71. The second-order valence-electron chi connectivity index (χ2n) is 6.72. The van der Waals surface area contributed by atoms with Crippen molar-refractivity contribution in [1.82, 2.24) is 9.97 Å². The van der Waals surface area contributed by atoms with E-state index in [1.807, 2.05) is 42.7 Å². The Morgan fingerprint density at radius 2 is 1.21 bits per heavy atom. The fourth-order valence-corrected chi connectivity index (χ4v) is 3.71. The highest BCUT2D eigenvalue weighted by molar-refractivity contribution is 6.13. The molecule has 0 aliphatic rings. The molecule has 0 bridgehead atoms. The van der Waals surface area contributed by atoms with Gasteiger partial charge >= 0.3 is 0 Å². The van der Waals surface area contributed by atoms with Crippen LogP contribution in [-0.4, -0.2) is 9.97 Å². The first-order valence-corrected chi connectivity index (χ1v) is 9.35. The Balaban J connectivity index is 1.91. The standard InChI is InChI=1S/C26H18N2/c1-3-12-22-19(9-1)17-20-10-2-4-13-23(20)26(22)24(25-14-6-8-16-28-25)18-21-11-5-7-15-27-21/h1-18H/b24-18-. The highest BCUT2D eigenvalue weighted by Gasteiger charge is 2.14. The second-order valence-corrected chi connectivity index (χ2v) is 6.72. The lowest BCUT2D eigenvalue weighted by atomic mass is 9.89. The number of nitrogens with zero attached hydrogens (tertiary/aromatic N) is 2. The van der Waals surface area contributed by atoms with Gasteiger partial charge < -0.3 is 0 Å². The van der Waals surface area contributed by atoms with Crippen LogP contribution in [0.2, 0.25) is 0 Å². The lowest BCUT2D eigenvalue weighted by Gasteiger charge is -2.15. The second kappa shape index (κ2) is 7.09. The van der Waals surface area contributed by atoms with Gasteiger partial charge in [-0.2, -0.15) is 0 Å². The van der Waals surface area contributed by atoms with E-state index in [9.17, 15) is 0 Å². The molecule has 0 saturated heterocycles. The molecule has 0 radical (unpaired) electrons. The van der Waals surface area contributed by atoms with Crippen LogP contribution < -0.4 is 0 Å². The van der Waals surface area contributed by atoms with E-state index in [-0.39, 0.29) is 0 Å². The molecule has 5 rings (SSSR count). The molecule has 2 heteroatoms. The summed E-state index contributed by atoms with van der Waals surface area (Å²) in [7, 11) is 0. The van der Waals surface area contributed by atoms with Crippen LogP contribution in [0.4, 0.5) is 0 Å². The summed E-state index contributed by atoms with van der Waals surface area (Å²) in [5.41, 5.74) is 4.13. The van der Waals surface area contributed by atoms with Gasteiger partial charge in [0, 0.05) is 18.0 Å². The molecule has 132 valence electrons. The van der Waals surface area contributed by atoms with Crippen molar-refractivity contribution < 1.29 is 0 Å². The normalized spacial score (nSPS) is 11.8. The molecule has 0 atom stereocenters. The average molecular weight is 358 g/mol. The Hall–Kier alpha value is -3.78. The largest absolute Gasteiger partial charge is 0.257 e. The molecule has 2 nitrogen and oxygen atoms in total. The minimum atomic E-state index is 0.917. The molecule has 2 heterocycles. The van der Waals surface area contributed by atoms with Gasteiger partial charge in [-0.05, 0) is 63.5 Å². The first-order valence-electron chi connectivity index (χ1n) is 9.35. The van der Waals surface area contributed by atoms with Gasteiger partial charge in [-0.25, -0.2) is 0 Å². The quantitative estimate of drug-likeness (QED) is 0.350. The molecule has 5 aromatic rings. The molecular weight excluding hydrogens is 340 g/mol. The molecule has 0 amide bonds. The van der Waals surface area contributed by atoms with Crippen molar-refractivity contribution in [3.8, 4) is 0 Å². The zero-order valence-corrected chi connectivity index (χ0v) is 15.3. The molecule has 2 aromatic heterocycles. The lowest BCUT2D eigenvalue weighted by Crippen LogP contribution is -1.95. The van der Waals surface area contributed by atoms with Crippen LogP contribution in [0.25, 0.3) is 33.2 Å². The maximum atomic E-state index is 4.67. The summed E-state index contributed by atoms with van der Waals surface area (Å²) in [6.45, 7) is 0. The molecule has 0 saturated carbocycles. The van der Waals surface area contributed by atoms with Crippen molar-refractivity contribution in [1.29, 1.82) is 0 Å². The molecule has 28 heavy (non-hydrogen) atoms. The maximum absolute atomic E-state index is 4.67. The molecule has 0 N–H and O–H groups in total. The Morgan fingerprint density at radius 3 is 1.82 bits per heavy atom. The maximum Gasteiger partial charge on any atom is 0.0709 e. The SMILES string of the molecule is C(=C(\c1ccccn1)c1c2ccccc2cc2ccccc12)/c1ccccn1. The summed E-state index contributed by atoms with van der Waals surface area (Å²) in [4.78, 5) is 9.19. The minimum Gasteiger partial charge on any atom is -0.257 e. The number of fused-ring (bicyclic) bond motifs is 2. The smallest absolute Gasteiger partial charge is 0.0709 e. The lowest BCUT2D eigenvalue weighted by molar-refractivity contribution is 1.27. The number of benzene rings is 3. The van der Waals surface area contributed by atoms with Crippen LogP contribution in [0.1, 0.15) is 17.0 Å². The van der Waals surface area contributed by atoms with E-state index < -0.39 is 0 Å². The third kappa shape index (κ3) is 2.95. The zero-order valence-electron chi connectivity index (χ0n) is 15.3. The predicted octanol–water partition coefficient (Wildman–Crippen LogP) is 6.37. The average Bonchev–Trinajstić information content (AvgIpc) is 2.77. The molecular formula is C26H18N2.